The Morgan fingerprint density at radius 1 is 0.968 bits per heavy atom. The third-order valence-corrected chi connectivity index (χ3v) is 5.25. The number of hydrogen-bond donors (Lipinski definition) is 2. The van der Waals surface area contributed by atoms with Crippen molar-refractivity contribution in [3.63, 3.8) is 0 Å². The molecule has 4 rings (SSSR count). The van der Waals surface area contributed by atoms with Crippen molar-refractivity contribution >= 4 is 18.5 Å². The molecule has 0 aliphatic heterocycles. The van der Waals surface area contributed by atoms with Crippen LogP contribution in [-0.4, -0.2) is 20.9 Å². The molecule has 0 spiro atoms. The largest absolute Gasteiger partial charge is 0.350 e. The minimum atomic E-state index is -0.576. The van der Waals surface area contributed by atoms with Crippen LogP contribution in [-0.2, 0) is 17.8 Å². The average Bonchev–Trinajstić information content (AvgIpc) is 3.28. The van der Waals surface area contributed by atoms with Gasteiger partial charge in [0.05, 0.1) is 6.20 Å². The Balaban J connectivity index is 1.56. The zero-order chi connectivity index (χ0) is 21.6. The summed E-state index contributed by atoms with van der Waals surface area (Å²) in [6.45, 7) is 0.301. The molecular weight excluding hydrogens is 411 g/mol. The van der Waals surface area contributed by atoms with Crippen LogP contribution in [0.3, 0.4) is 0 Å². The molecule has 0 fully saturated rings. The van der Waals surface area contributed by atoms with Crippen LogP contribution in [0.15, 0.2) is 90.0 Å². The number of carbonyl (C=O) groups is 1. The average molecular weight is 433 g/mol. The molecule has 1 atom stereocenters. The molecule has 156 valence electrons. The Bertz CT molecular complexity index is 1140. The number of nitrogens with zero attached hydrogens (tertiary/aromatic N) is 3. The highest BCUT2D eigenvalue weighted by Crippen LogP contribution is 2.21. The van der Waals surface area contributed by atoms with Crippen LogP contribution in [0.25, 0.3) is 11.3 Å². The lowest BCUT2D eigenvalue weighted by atomic mass is 10.1. The molecule has 0 saturated carbocycles. The van der Waals surface area contributed by atoms with Gasteiger partial charge >= 0.3 is 0 Å². The van der Waals surface area contributed by atoms with Gasteiger partial charge in [-0.3, -0.25) is 4.79 Å². The summed E-state index contributed by atoms with van der Waals surface area (Å²) < 4.78 is 14.7. The molecule has 1 N–H and O–H groups in total. The zero-order valence-electron chi connectivity index (χ0n) is 16.6. The molecule has 31 heavy (non-hydrogen) atoms. The summed E-state index contributed by atoms with van der Waals surface area (Å²) in [6.07, 6.45) is 2.24. The van der Waals surface area contributed by atoms with Crippen molar-refractivity contribution in [1.29, 1.82) is 0 Å². The second kappa shape index (κ2) is 9.57. The van der Waals surface area contributed by atoms with E-state index in [0.717, 1.165) is 21.6 Å². The van der Waals surface area contributed by atoms with Crippen LogP contribution < -0.4 is 5.32 Å². The maximum Gasteiger partial charge on any atom is 0.245 e. The van der Waals surface area contributed by atoms with E-state index in [1.54, 1.807) is 23.0 Å². The van der Waals surface area contributed by atoms with Gasteiger partial charge in [-0.1, -0.05) is 59.8 Å². The van der Waals surface area contributed by atoms with Gasteiger partial charge in [-0.15, -0.1) is 17.7 Å². The van der Waals surface area contributed by atoms with Crippen molar-refractivity contribution in [2.75, 3.05) is 0 Å². The number of carbonyl (C=O) groups excluding carboxylic acids is 1. The van der Waals surface area contributed by atoms with Crippen molar-refractivity contribution in [1.82, 2.24) is 20.3 Å². The third kappa shape index (κ3) is 5.38. The summed E-state index contributed by atoms with van der Waals surface area (Å²) in [4.78, 5) is 14.0. The topological polar surface area (TPSA) is 59.8 Å². The van der Waals surface area contributed by atoms with E-state index in [-0.39, 0.29) is 11.7 Å². The molecule has 0 saturated heterocycles. The van der Waals surface area contributed by atoms with Crippen molar-refractivity contribution < 1.29 is 9.18 Å². The van der Waals surface area contributed by atoms with Crippen LogP contribution in [0.2, 0.25) is 0 Å². The molecule has 0 aliphatic carbocycles. The summed E-state index contributed by atoms with van der Waals surface area (Å²) >= 11 is 4.31. The van der Waals surface area contributed by atoms with Gasteiger partial charge in [-0.2, -0.15) is 0 Å². The van der Waals surface area contributed by atoms with Crippen LogP contribution >= 0.6 is 12.6 Å². The number of nitrogens with one attached hydrogen (secondary N) is 1. The number of benzene rings is 3. The summed E-state index contributed by atoms with van der Waals surface area (Å²) in [6, 6.07) is 22.8. The van der Waals surface area contributed by atoms with E-state index in [0.29, 0.717) is 18.7 Å². The van der Waals surface area contributed by atoms with Gasteiger partial charge in [0.1, 0.15) is 17.6 Å². The zero-order valence-corrected chi connectivity index (χ0v) is 17.5. The number of amides is 1. The maximum atomic E-state index is 13.1. The van der Waals surface area contributed by atoms with E-state index in [1.807, 2.05) is 54.6 Å². The molecule has 7 heteroatoms. The van der Waals surface area contributed by atoms with Crippen molar-refractivity contribution in [2.45, 2.75) is 23.9 Å². The first-order valence-corrected chi connectivity index (χ1v) is 10.3. The number of thiol groups is 1. The molecule has 1 heterocycles. The SMILES string of the molecule is O=C(NCc1ccc(F)cc1)[C@H](Cc1ccccc1)n1cc(-c2ccc(S)cc2)nn1. The normalized spacial score (nSPS) is 11.8. The Labute approximate surface area is 185 Å². The summed E-state index contributed by atoms with van der Waals surface area (Å²) in [7, 11) is 0. The first-order valence-electron chi connectivity index (χ1n) is 9.86. The van der Waals surface area contributed by atoms with Gasteiger partial charge < -0.3 is 5.32 Å². The highest BCUT2D eigenvalue weighted by molar-refractivity contribution is 7.80. The fourth-order valence-corrected chi connectivity index (χ4v) is 3.40. The molecule has 3 aromatic carbocycles. The lowest BCUT2D eigenvalue weighted by Gasteiger charge is -2.17. The predicted octanol–water partition coefficient (Wildman–Crippen LogP) is 4.47. The van der Waals surface area contributed by atoms with Crippen LogP contribution in [0.1, 0.15) is 17.2 Å². The number of rotatable bonds is 7. The van der Waals surface area contributed by atoms with E-state index < -0.39 is 6.04 Å². The van der Waals surface area contributed by atoms with Crippen LogP contribution in [0, 0.1) is 5.82 Å². The monoisotopic (exact) mass is 432 g/mol. The fraction of sp³-hybridized carbons (Fsp3) is 0.125. The van der Waals surface area contributed by atoms with Crippen LogP contribution in [0.5, 0.6) is 0 Å². The summed E-state index contributed by atoms with van der Waals surface area (Å²) in [5.74, 6) is -0.492. The molecule has 4 aromatic rings. The van der Waals surface area contributed by atoms with E-state index in [4.69, 9.17) is 0 Å². The number of aromatic nitrogens is 3. The molecule has 0 unspecified atom stereocenters. The highest BCUT2D eigenvalue weighted by Gasteiger charge is 2.23. The number of halogens is 1. The second-order valence-corrected chi connectivity index (χ2v) is 7.70. The van der Waals surface area contributed by atoms with Gasteiger partial charge in [0.15, 0.2) is 0 Å². The molecule has 0 bridgehead atoms. The predicted molar refractivity (Wildman–Crippen MR) is 120 cm³/mol. The molecule has 1 amide bonds. The van der Waals surface area contributed by atoms with Crippen molar-refractivity contribution in [3.8, 4) is 11.3 Å². The maximum absolute atomic E-state index is 13.1. The Morgan fingerprint density at radius 3 is 2.39 bits per heavy atom. The molecular formula is C24H21FN4OS. The second-order valence-electron chi connectivity index (χ2n) is 7.18. The quantitative estimate of drug-likeness (QED) is 0.424. The van der Waals surface area contributed by atoms with Gasteiger partial charge in [0, 0.05) is 23.4 Å². The smallest absolute Gasteiger partial charge is 0.245 e. The summed E-state index contributed by atoms with van der Waals surface area (Å²) in [5, 5.41) is 11.4. The van der Waals surface area contributed by atoms with E-state index in [1.165, 1.54) is 12.1 Å². The molecule has 0 radical (unpaired) electrons. The number of hydrogen-bond acceptors (Lipinski definition) is 4. The molecule has 5 nitrogen and oxygen atoms in total. The van der Waals surface area contributed by atoms with E-state index in [9.17, 15) is 9.18 Å². The van der Waals surface area contributed by atoms with Gasteiger partial charge in [-0.25, -0.2) is 9.07 Å². The van der Waals surface area contributed by atoms with Gasteiger partial charge in [0.2, 0.25) is 5.91 Å². The Kier molecular flexibility index (Phi) is 6.43. The van der Waals surface area contributed by atoms with Crippen molar-refractivity contribution in [2.24, 2.45) is 0 Å². The fourth-order valence-electron chi connectivity index (χ4n) is 3.25. The summed E-state index contributed by atoms with van der Waals surface area (Å²) in [5.41, 5.74) is 3.41. The highest BCUT2D eigenvalue weighted by atomic mass is 32.1. The molecule has 1 aromatic heterocycles. The van der Waals surface area contributed by atoms with E-state index >= 15 is 0 Å². The minimum Gasteiger partial charge on any atom is -0.350 e. The standard InChI is InChI=1S/C24H21FN4OS/c25-20-10-6-18(7-11-20)15-26-24(30)23(14-17-4-2-1-3-5-17)29-16-22(27-28-29)19-8-12-21(31)13-9-19/h1-13,16,23,31H,14-15H2,(H,26,30)/t23-/m0/s1. The Morgan fingerprint density at radius 2 is 1.68 bits per heavy atom. The lowest BCUT2D eigenvalue weighted by Crippen LogP contribution is -2.34. The first kappa shape index (κ1) is 20.8. The molecule has 0 aliphatic rings. The third-order valence-electron chi connectivity index (χ3n) is 4.95. The van der Waals surface area contributed by atoms with Gasteiger partial charge in [0.25, 0.3) is 0 Å². The minimum absolute atomic E-state index is 0.185. The van der Waals surface area contributed by atoms with Gasteiger partial charge in [-0.05, 0) is 35.4 Å². The van der Waals surface area contributed by atoms with Crippen molar-refractivity contribution in [3.05, 3.63) is 102 Å². The van der Waals surface area contributed by atoms with Crippen LogP contribution in [0.4, 0.5) is 4.39 Å². The lowest BCUT2D eigenvalue weighted by molar-refractivity contribution is -0.124. The first-order chi connectivity index (χ1) is 15.1. The Hall–Kier alpha value is -3.45. The van der Waals surface area contributed by atoms with E-state index in [2.05, 4.69) is 28.3 Å².